The molecule has 0 heterocycles. The highest BCUT2D eigenvalue weighted by atomic mass is 16.3. The lowest BCUT2D eigenvalue weighted by molar-refractivity contribution is 0.0222. The van der Waals surface area contributed by atoms with Crippen LogP contribution in [0.5, 0.6) is 0 Å². The van der Waals surface area contributed by atoms with Crippen molar-refractivity contribution in [2.24, 2.45) is 11.3 Å². The topological polar surface area (TPSA) is 32.3 Å². The Morgan fingerprint density at radius 2 is 1.57 bits per heavy atom. The van der Waals surface area contributed by atoms with Crippen LogP contribution in [0.25, 0.3) is 0 Å². The van der Waals surface area contributed by atoms with Crippen LogP contribution in [-0.2, 0) is 0 Å². The van der Waals surface area contributed by atoms with E-state index >= 15 is 0 Å². The van der Waals surface area contributed by atoms with Gasteiger partial charge in [-0.1, -0.05) is 52.9 Å². The van der Waals surface area contributed by atoms with E-state index in [9.17, 15) is 5.11 Å². The SMILES string of the molecule is CC(C)(C)C1CCCC(NCC2(O)CCCCCC2)CC1. The highest BCUT2D eigenvalue weighted by Gasteiger charge is 2.31. The molecule has 21 heavy (non-hydrogen) atoms. The molecule has 0 aromatic carbocycles. The lowest BCUT2D eigenvalue weighted by Crippen LogP contribution is -2.44. The van der Waals surface area contributed by atoms with Crippen molar-refractivity contribution in [3.63, 3.8) is 0 Å². The molecule has 2 unspecified atom stereocenters. The minimum Gasteiger partial charge on any atom is -0.389 e. The Kier molecular flexibility index (Phi) is 6.14. The van der Waals surface area contributed by atoms with E-state index in [4.69, 9.17) is 0 Å². The van der Waals surface area contributed by atoms with Crippen LogP contribution in [0.1, 0.15) is 91.4 Å². The summed E-state index contributed by atoms with van der Waals surface area (Å²) >= 11 is 0. The Bertz CT molecular complexity index is 299. The maximum absolute atomic E-state index is 10.8. The summed E-state index contributed by atoms with van der Waals surface area (Å²) in [5.41, 5.74) is 0.0284. The van der Waals surface area contributed by atoms with Crippen LogP contribution in [0.2, 0.25) is 0 Å². The molecule has 0 bridgehead atoms. The molecule has 0 radical (unpaired) electrons. The van der Waals surface area contributed by atoms with E-state index in [-0.39, 0.29) is 0 Å². The van der Waals surface area contributed by atoms with Gasteiger partial charge in [0.25, 0.3) is 0 Å². The maximum atomic E-state index is 10.8. The van der Waals surface area contributed by atoms with Crippen molar-refractivity contribution < 1.29 is 5.11 Å². The molecular weight excluding hydrogens is 258 g/mol. The summed E-state index contributed by atoms with van der Waals surface area (Å²) in [6.45, 7) is 7.98. The number of hydrogen-bond acceptors (Lipinski definition) is 2. The van der Waals surface area contributed by atoms with Gasteiger partial charge in [-0.25, -0.2) is 0 Å². The molecule has 0 aromatic heterocycles. The second kappa shape index (κ2) is 7.46. The second-order valence-corrected chi connectivity index (χ2v) is 8.79. The zero-order chi connectivity index (χ0) is 15.3. The van der Waals surface area contributed by atoms with E-state index in [0.717, 1.165) is 25.3 Å². The predicted octanol–water partition coefficient (Wildman–Crippen LogP) is 4.66. The van der Waals surface area contributed by atoms with Gasteiger partial charge in [-0.3, -0.25) is 0 Å². The molecule has 2 rings (SSSR count). The van der Waals surface area contributed by atoms with Crippen LogP contribution in [0.4, 0.5) is 0 Å². The second-order valence-electron chi connectivity index (χ2n) is 8.79. The van der Waals surface area contributed by atoms with Crippen LogP contribution in [0.3, 0.4) is 0 Å². The summed E-state index contributed by atoms with van der Waals surface area (Å²) in [5.74, 6) is 0.866. The van der Waals surface area contributed by atoms with Gasteiger partial charge in [0.2, 0.25) is 0 Å². The van der Waals surface area contributed by atoms with Crippen molar-refractivity contribution in [1.29, 1.82) is 0 Å². The van der Waals surface area contributed by atoms with E-state index in [2.05, 4.69) is 26.1 Å². The van der Waals surface area contributed by atoms with Gasteiger partial charge in [-0.2, -0.15) is 0 Å². The van der Waals surface area contributed by atoms with Crippen LogP contribution < -0.4 is 5.32 Å². The first-order valence-electron chi connectivity index (χ1n) is 9.35. The van der Waals surface area contributed by atoms with Gasteiger partial charge >= 0.3 is 0 Å². The van der Waals surface area contributed by atoms with Gasteiger partial charge in [0.05, 0.1) is 5.60 Å². The molecule has 0 aliphatic heterocycles. The quantitative estimate of drug-likeness (QED) is 0.742. The molecule has 2 nitrogen and oxygen atoms in total. The van der Waals surface area contributed by atoms with E-state index < -0.39 is 5.60 Å². The Hall–Kier alpha value is -0.0800. The standard InChI is InChI=1S/C19H37NO/c1-18(2,3)16-9-8-10-17(12-11-16)20-15-19(21)13-6-4-5-7-14-19/h16-17,20-21H,4-15H2,1-3H3. The summed E-state index contributed by atoms with van der Waals surface area (Å²) in [7, 11) is 0. The minimum atomic E-state index is -0.424. The predicted molar refractivity (Wildman–Crippen MR) is 90.5 cm³/mol. The van der Waals surface area contributed by atoms with E-state index in [1.54, 1.807) is 0 Å². The molecule has 2 N–H and O–H groups in total. The van der Waals surface area contributed by atoms with E-state index in [1.165, 1.54) is 57.8 Å². The molecule has 2 atom stereocenters. The summed E-state index contributed by atoms with van der Waals surface area (Å²) in [6, 6.07) is 0.629. The Balaban J connectivity index is 1.78. The third-order valence-corrected chi connectivity index (χ3v) is 5.95. The van der Waals surface area contributed by atoms with Gasteiger partial charge in [0.1, 0.15) is 0 Å². The van der Waals surface area contributed by atoms with Crippen LogP contribution in [0.15, 0.2) is 0 Å². The normalized spacial score (nSPS) is 31.4. The molecule has 2 fully saturated rings. The molecule has 0 amide bonds. The smallest absolute Gasteiger partial charge is 0.0771 e. The number of rotatable bonds is 3. The first-order chi connectivity index (χ1) is 9.89. The molecule has 2 aliphatic rings. The van der Waals surface area contributed by atoms with Crippen molar-refractivity contribution >= 4 is 0 Å². The van der Waals surface area contributed by atoms with Crippen molar-refractivity contribution in [2.75, 3.05) is 6.54 Å². The average Bonchev–Trinajstić information content (AvgIpc) is 2.76. The van der Waals surface area contributed by atoms with Crippen molar-refractivity contribution in [3.05, 3.63) is 0 Å². The van der Waals surface area contributed by atoms with E-state index in [1.807, 2.05) is 0 Å². The van der Waals surface area contributed by atoms with Crippen LogP contribution in [0, 0.1) is 11.3 Å². The molecule has 0 saturated heterocycles. The summed E-state index contributed by atoms with van der Waals surface area (Å²) in [5, 5.41) is 14.5. The lowest BCUT2D eigenvalue weighted by Gasteiger charge is -2.31. The summed E-state index contributed by atoms with van der Waals surface area (Å²) in [6.07, 6.45) is 13.7. The van der Waals surface area contributed by atoms with Gasteiger partial charge in [0, 0.05) is 12.6 Å². The zero-order valence-electron chi connectivity index (χ0n) is 14.6. The van der Waals surface area contributed by atoms with Gasteiger partial charge in [-0.15, -0.1) is 0 Å². The van der Waals surface area contributed by atoms with Gasteiger partial charge < -0.3 is 10.4 Å². The number of aliphatic hydroxyl groups is 1. The largest absolute Gasteiger partial charge is 0.389 e. The van der Waals surface area contributed by atoms with Gasteiger partial charge in [-0.05, 0) is 49.9 Å². The summed E-state index contributed by atoms with van der Waals surface area (Å²) in [4.78, 5) is 0. The molecule has 0 aromatic rings. The third-order valence-electron chi connectivity index (χ3n) is 5.95. The third kappa shape index (κ3) is 5.56. The Morgan fingerprint density at radius 1 is 0.905 bits per heavy atom. The minimum absolute atomic E-state index is 0.424. The molecule has 2 aliphatic carbocycles. The average molecular weight is 296 g/mol. The van der Waals surface area contributed by atoms with Crippen LogP contribution in [-0.4, -0.2) is 23.3 Å². The first-order valence-corrected chi connectivity index (χ1v) is 9.35. The van der Waals surface area contributed by atoms with Gasteiger partial charge in [0.15, 0.2) is 0 Å². The number of nitrogens with one attached hydrogen (secondary N) is 1. The van der Waals surface area contributed by atoms with Crippen molar-refractivity contribution in [1.82, 2.24) is 5.32 Å². The first kappa shape index (κ1) is 17.3. The maximum Gasteiger partial charge on any atom is 0.0771 e. The fraction of sp³-hybridized carbons (Fsp3) is 1.00. The molecule has 2 heteroatoms. The number of hydrogen-bond donors (Lipinski definition) is 2. The summed E-state index contributed by atoms with van der Waals surface area (Å²) < 4.78 is 0. The van der Waals surface area contributed by atoms with Crippen LogP contribution >= 0.6 is 0 Å². The lowest BCUT2D eigenvalue weighted by atomic mass is 9.76. The Morgan fingerprint density at radius 3 is 2.19 bits per heavy atom. The van der Waals surface area contributed by atoms with Crippen molar-refractivity contribution in [3.8, 4) is 0 Å². The molecule has 2 saturated carbocycles. The fourth-order valence-electron chi connectivity index (χ4n) is 4.27. The molecule has 0 spiro atoms. The van der Waals surface area contributed by atoms with E-state index in [0.29, 0.717) is 11.5 Å². The highest BCUT2D eigenvalue weighted by molar-refractivity contribution is 4.87. The fourth-order valence-corrected chi connectivity index (χ4v) is 4.27. The highest BCUT2D eigenvalue weighted by Crippen LogP contribution is 2.37. The monoisotopic (exact) mass is 295 g/mol. The zero-order valence-corrected chi connectivity index (χ0v) is 14.6. The molecule has 124 valence electrons. The van der Waals surface area contributed by atoms with Crippen molar-refractivity contribution in [2.45, 2.75) is 103 Å². The molecular formula is C19H37NO. The Labute approximate surface area is 132 Å².